The van der Waals surface area contributed by atoms with Gasteiger partial charge in [-0.2, -0.15) is 5.26 Å². The Balaban J connectivity index is 1.83. The third-order valence-electron chi connectivity index (χ3n) is 3.83. The molecule has 2 aromatic carbocycles. The Morgan fingerprint density at radius 2 is 1.89 bits per heavy atom. The molecule has 2 N–H and O–H groups in total. The molecule has 0 aliphatic heterocycles. The second-order valence-corrected chi connectivity index (χ2v) is 8.07. The van der Waals surface area contributed by atoms with Crippen LogP contribution in [0.2, 0.25) is 0 Å². The molecule has 1 aromatic heterocycles. The molecule has 140 valence electrons. The first-order chi connectivity index (χ1) is 13.5. The number of hydrogen-bond donors (Lipinski definition) is 2. The highest BCUT2D eigenvalue weighted by atomic mass is 79.9. The van der Waals surface area contributed by atoms with E-state index in [4.69, 9.17) is 0 Å². The summed E-state index contributed by atoms with van der Waals surface area (Å²) in [6, 6.07) is 18.2. The van der Waals surface area contributed by atoms with Crippen molar-refractivity contribution < 1.29 is 4.79 Å². The molecule has 0 aliphatic rings. The lowest BCUT2D eigenvalue weighted by molar-refractivity contribution is -0.115. The summed E-state index contributed by atoms with van der Waals surface area (Å²) in [7, 11) is 0. The predicted molar refractivity (Wildman–Crippen MR) is 113 cm³/mol. The van der Waals surface area contributed by atoms with E-state index in [1.54, 1.807) is 43.3 Å². The van der Waals surface area contributed by atoms with Gasteiger partial charge in [-0.1, -0.05) is 58.0 Å². The number of anilines is 1. The van der Waals surface area contributed by atoms with Gasteiger partial charge in [0.1, 0.15) is 11.6 Å². The smallest absolute Gasteiger partial charge is 0.270 e. The number of thioether (sulfide) groups is 1. The molecule has 0 fully saturated rings. The van der Waals surface area contributed by atoms with Crippen LogP contribution in [-0.2, 0) is 4.79 Å². The van der Waals surface area contributed by atoms with Gasteiger partial charge in [0.2, 0.25) is 5.91 Å². The zero-order valence-electron chi connectivity index (χ0n) is 14.8. The van der Waals surface area contributed by atoms with Gasteiger partial charge in [-0.15, -0.1) is 0 Å². The topological polar surface area (TPSA) is 98.6 Å². The molecule has 1 amide bonds. The standard InChI is InChI=1S/C20H15BrN4O2S/c1-12(18(26)23-15-9-7-14(21)8-10-15)28-20-24-17(13-5-3-2-4-6-13)16(11-22)19(27)25-20/h2-10,12H,1H3,(H,23,26)(H,24,25,27)/t12-/m1/s1. The minimum atomic E-state index is -0.528. The van der Waals surface area contributed by atoms with Crippen LogP contribution < -0.4 is 10.9 Å². The first-order valence-electron chi connectivity index (χ1n) is 8.31. The number of amides is 1. The Morgan fingerprint density at radius 1 is 1.21 bits per heavy atom. The van der Waals surface area contributed by atoms with Gasteiger partial charge in [-0.3, -0.25) is 9.59 Å². The Hall–Kier alpha value is -2.89. The van der Waals surface area contributed by atoms with E-state index in [0.717, 1.165) is 16.2 Å². The maximum atomic E-state index is 12.4. The number of nitriles is 1. The molecule has 0 spiro atoms. The molecule has 0 unspecified atom stereocenters. The van der Waals surface area contributed by atoms with E-state index >= 15 is 0 Å². The van der Waals surface area contributed by atoms with Crippen molar-refractivity contribution in [3.05, 3.63) is 75.0 Å². The zero-order chi connectivity index (χ0) is 20.1. The highest BCUT2D eigenvalue weighted by molar-refractivity contribution is 9.10. The summed E-state index contributed by atoms with van der Waals surface area (Å²) in [5, 5.41) is 11.9. The molecule has 0 radical (unpaired) electrons. The van der Waals surface area contributed by atoms with E-state index in [0.29, 0.717) is 16.9 Å². The SMILES string of the molecule is C[C@@H](Sc1nc(-c2ccccc2)c(C#N)c(=O)[nH]1)C(=O)Nc1ccc(Br)cc1. The van der Waals surface area contributed by atoms with E-state index < -0.39 is 10.8 Å². The summed E-state index contributed by atoms with van der Waals surface area (Å²) in [6.45, 7) is 1.72. The largest absolute Gasteiger partial charge is 0.325 e. The number of aromatic amines is 1. The Kier molecular flexibility index (Phi) is 6.29. The lowest BCUT2D eigenvalue weighted by Crippen LogP contribution is -2.23. The number of H-pyrrole nitrogens is 1. The van der Waals surface area contributed by atoms with Crippen LogP contribution in [0.5, 0.6) is 0 Å². The van der Waals surface area contributed by atoms with E-state index in [1.165, 1.54) is 0 Å². The Labute approximate surface area is 174 Å². The first kappa shape index (κ1) is 19.9. The van der Waals surface area contributed by atoms with Crippen LogP contribution >= 0.6 is 27.7 Å². The molecule has 0 aliphatic carbocycles. The predicted octanol–water partition coefficient (Wildman–Crippen LogP) is 4.19. The van der Waals surface area contributed by atoms with Crippen LogP contribution in [0.4, 0.5) is 5.69 Å². The van der Waals surface area contributed by atoms with Crippen molar-refractivity contribution >= 4 is 39.3 Å². The molecule has 0 bridgehead atoms. The molecule has 8 heteroatoms. The number of halogens is 1. The molecule has 3 rings (SSSR count). The molecule has 1 heterocycles. The second kappa shape index (κ2) is 8.87. The Morgan fingerprint density at radius 3 is 2.54 bits per heavy atom. The maximum Gasteiger partial charge on any atom is 0.270 e. The molecule has 0 saturated heterocycles. The van der Waals surface area contributed by atoms with E-state index in [2.05, 4.69) is 31.2 Å². The van der Waals surface area contributed by atoms with Gasteiger partial charge in [0.05, 0.1) is 10.9 Å². The average molecular weight is 455 g/mol. The van der Waals surface area contributed by atoms with Crippen LogP contribution in [0.1, 0.15) is 12.5 Å². The first-order valence-corrected chi connectivity index (χ1v) is 9.98. The number of nitrogens with zero attached hydrogens (tertiary/aromatic N) is 2. The number of carbonyl (C=O) groups is 1. The fourth-order valence-electron chi connectivity index (χ4n) is 2.42. The molecular formula is C20H15BrN4O2S. The van der Waals surface area contributed by atoms with Crippen molar-refractivity contribution in [2.45, 2.75) is 17.3 Å². The average Bonchev–Trinajstić information content (AvgIpc) is 2.70. The van der Waals surface area contributed by atoms with Crippen molar-refractivity contribution in [1.29, 1.82) is 5.26 Å². The normalized spacial score (nSPS) is 11.5. The third-order valence-corrected chi connectivity index (χ3v) is 5.34. The second-order valence-electron chi connectivity index (χ2n) is 5.83. The van der Waals surface area contributed by atoms with E-state index in [-0.39, 0.29) is 16.6 Å². The lowest BCUT2D eigenvalue weighted by atomic mass is 10.1. The zero-order valence-corrected chi connectivity index (χ0v) is 17.2. The van der Waals surface area contributed by atoms with Gasteiger partial charge in [0.15, 0.2) is 5.16 Å². The Bertz CT molecular complexity index is 1090. The fraction of sp³-hybridized carbons (Fsp3) is 0.100. The highest BCUT2D eigenvalue weighted by Crippen LogP contribution is 2.25. The van der Waals surface area contributed by atoms with Gasteiger partial charge < -0.3 is 10.3 Å². The van der Waals surface area contributed by atoms with Crippen LogP contribution in [0.15, 0.2) is 69.0 Å². The molecular weight excluding hydrogens is 440 g/mol. The van der Waals surface area contributed by atoms with Crippen molar-refractivity contribution in [2.24, 2.45) is 0 Å². The third kappa shape index (κ3) is 4.68. The molecule has 3 aromatic rings. The summed E-state index contributed by atoms with van der Waals surface area (Å²) < 4.78 is 0.917. The highest BCUT2D eigenvalue weighted by Gasteiger charge is 2.19. The van der Waals surface area contributed by atoms with Crippen molar-refractivity contribution in [1.82, 2.24) is 9.97 Å². The number of benzene rings is 2. The van der Waals surface area contributed by atoms with Crippen LogP contribution in [-0.4, -0.2) is 21.1 Å². The number of nitrogens with one attached hydrogen (secondary N) is 2. The van der Waals surface area contributed by atoms with Crippen LogP contribution in [0, 0.1) is 11.3 Å². The number of rotatable bonds is 5. The number of aromatic nitrogens is 2. The van der Waals surface area contributed by atoms with Crippen LogP contribution in [0.25, 0.3) is 11.3 Å². The van der Waals surface area contributed by atoms with E-state index in [1.807, 2.05) is 24.3 Å². The summed E-state index contributed by atoms with van der Waals surface area (Å²) in [6.07, 6.45) is 0. The minimum Gasteiger partial charge on any atom is -0.325 e. The summed E-state index contributed by atoms with van der Waals surface area (Å²) in [4.78, 5) is 31.7. The van der Waals surface area contributed by atoms with Gasteiger partial charge in [0.25, 0.3) is 5.56 Å². The fourth-order valence-corrected chi connectivity index (χ4v) is 3.48. The molecule has 28 heavy (non-hydrogen) atoms. The van der Waals surface area contributed by atoms with Crippen molar-refractivity contribution in [3.63, 3.8) is 0 Å². The quantitative estimate of drug-likeness (QED) is 0.444. The molecule has 6 nitrogen and oxygen atoms in total. The van der Waals surface area contributed by atoms with Crippen LogP contribution in [0.3, 0.4) is 0 Å². The summed E-state index contributed by atoms with van der Waals surface area (Å²) in [5.41, 5.74) is 1.06. The van der Waals surface area contributed by atoms with Gasteiger partial charge in [0, 0.05) is 15.7 Å². The van der Waals surface area contributed by atoms with Gasteiger partial charge in [-0.25, -0.2) is 4.98 Å². The summed E-state index contributed by atoms with van der Waals surface area (Å²) >= 11 is 4.47. The number of carbonyl (C=O) groups excluding carboxylic acids is 1. The minimum absolute atomic E-state index is 0.0532. The van der Waals surface area contributed by atoms with Crippen molar-refractivity contribution in [2.75, 3.05) is 5.32 Å². The van der Waals surface area contributed by atoms with Crippen molar-refractivity contribution in [3.8, 4) is 17.3 Å². The maximum absolute atomic E-state index is 12.4. The monoisotopic (exact) mass is 454 g/mol. The molecule has 1 atom stereocenters. The van der Waals surface area contributed by atoms with Gasteiger partial charge >= 0.3 is 0 Å². The summed E-state index contributed by atoms with van der Waals surface area (Å²) in [5.74, 6) is -0.222. The van der Waals surface area contributed by atoms with Gasteiger partial charge in [-0.05, 0) is 31.2 Å². The lowest BCUT2D eigenvalue weighted by Gasteiger charge is -2.12. The number of hydrogen-bond acceptors (Lipinski definition) is 5. The molecule has 0 saturated carbocycles. The van der Waals surface area contributed by atoms with E-state index in [9.17, 15) is 14.9 Å².